The van der Waals surface area contributed by atoms with Crippen LogP contribution in [0.4, 0.5) is 0 Å². The van der Waals surface area contributed by atoms with Gasteiger partial charge in [0.25, 0.3) is 0 Å². The molecule has 1 aromatic heterocycles. The number of aromatic nitrogens is 1. The van der Waals surface area contributed by atoms with E-state index >= 15 is 0 Å². The van der Waals surface area contributed by atoms with Crippen molar-refractivity contribution in [3.05, 3.63) is 36.0 Å². The Kier molecular flexibility index (Phi) is 6.23. The summed E-state index contributed by atoms with van der Waals surface area (Å²) >= 11 is 0. The van der Waals surface area contributed by atoms with Crippen molar-refractivity contribution in [3.63, 3.8) is 0 Å². The smallest absolute Gasteiger partial charge is 0.223 e. The molecule has 0 bridgehead atoms. The van der Waals surface area contributed by atoms with Crippen LogP contribution in [0.2, 0.25) is 0 Å². The maximum absolute atomic E-state index is 12.9. The highest BCUT2D eigenvalue weighted by Crippen LogP contribution is 2.64. The zero-order chi connectivity index (χ0) is 24.8. The Morgan fingerprint density at radius 2 is 1.89 bits per heavy atom. The standard InChI is InChI=1S/C29H41N3O3/c1-27(2)17-24(32-26(34)19-8-9-19)29(14-13-28(3,35)16-23(27)29)12-10-25(33)30-15-11-20-18-31-22-7-5-4-6-21(20)22/h4-7,18-19,23-24,31,35H,8-17H2,1-3H3,(H,30,33)(H,32,34)/t23-,24-,28-,29-/m0/s1. The molecule has 0 radical (unpaired) electrons. The van der Waals surface area contributed by atoms with Gasteiger partial charge >= 0.3 is 0 Å². The summed E-state index contributed by atoms with van der Waals surface area (Å²) in [5.74, 6) is 0.717. The van der Waals surface area contributed by atoms with Crippen LogP contribution in [0, 0.1) is 22.7 Å². The minimum Gasteiger partial charge on any atom is -0.390 e. The van der Waals surface area contributed by atoms with E-state index in [1.807, 2.05) is 25.3 Å². The third-order valence-corrected chi connectivity index (χ3v) is 9.31. The molecule has 2 amide bonds. The van der Waals surface area contributed by atoms with Gasteiger partial charge < -0.3 is 20.7 Å². The molecule has 35 heavy (non-hydrogen) atoms. The molecule has 3 fully saturated rings. The first-order valence-corrected chi connectivity index (χ1v) is 13.4. The van der Waals surface area contributed by atoms with Gasteiger partial charge in [0.15, 0.2) is 0 Å². The van der Waals surface area contributed by atoms with Crippen molar-refractivity contribution in [1.82, 2.24) is 15.6 Å². The molecule has 4 atom stereocenters. The molecule has 5 rings (SSSR count). The Balaban J connectivity index is 1.24. The highest BCUT2D eigenvalue weighted by molar-refractivity contribution is 5.83. The Bertz CT molecular complexity index is 1100. The Morgan fingerprint density at radius 1 is 1.11 bits per heavy atom. The number of fused-ring (bicyclic) bond motifs is 2. The highest BCUT2D eigenvalue weighted by atomic mass is 16.3. The molecule has 0 aliphatic heterocycles. The first kappa shape index (κ1) is 24.4. The fraction of sp³-hybridized carbons (Fsp3) is 0.655. The van der Waals surface area contributed by atoms with Gasteiger partial charge in [0.1, 0.15) is 0 Å². The molecular formula is C29H41N3O3. The third kappa shape index (κ3) is 4.87. The molecule has 1 heterocycles. The minimum absolute atomic E-state index is 0.0116. The van der Waals surface area contributed by atoms with E-state index in [0.29, 0.717) is 13.0 Å². The number of nitrogens with one attached hydrogen (secondary N) is 3. The van der Waals surface area contributed by atoms with E-state index < -0.39 is 5.60 Å². The number of aliphatic hydroxyl groups is 1. The molecular weight excluding hydrogens is 438 g/mol. The van der Waals surface area contributed by atoms with E-state index in [1.54, 1.807) is 0 Å². The van der Waals surface area contributed by atoms with Gasteiger partial charge in [0.2, 0.25) is 11.8 Å². The topological polar surface area (TPSA) is 94.2 Å². The van der Waals surface area contributed by atoms with Crippen LogP contribution in [0.25, 0.3) is 10.9 Å². The van der Waals surface area contributed by atoms with Crippen LogP contribution in [0.15, 0.2) is 30.5 Å². The molecule has 1 aromatic carbocycles. The zero-order valence-electron chi connectivity index (χ0n) is 21.5. The Labute approximate surface area is 208 Å². The average Bonchev–Trinajstić information content (AvgIpc) is 3.55. The summed E-state index contributed by atoms with van der Waals surface area (Å²) < 4.78 is 0. The number of hydrogen-bond donors (Lipinski definition) is 4. The second kappa shape index (κ2) is 8.95. The van der Waals surface area contributed by atoms with Gasteiger partial charge in [0.05, 0.1) is 5.60 Å². The fourth-order valence-corrected chi connectivity index (χ4v) is 7.18. The van der Waals surface area contributed by atoms with E-state index in [2.05, 4.69) is 41.6 Å². The Morgan fingerprint density at radius 3 is 2.66 bits per heavy atom. The lowest BCUT2D eigenvalue weighted by Crippen LogP contribution is -2.53. The summed E-state index contributed by atoms with van der Waals surface area (Å²) in [7, 11) is 0. The van der Waals surface area contributed by atoms with Crippen molar-refractivity contribution in [2.45, 2.75) is 90.2 Å². The van der Waals surface area contributed by atoms with Crippen LogP contribution < -0.4 is 10.6 Å². The number of para-hydroxylation sites is 1. The van der Waals surface area contributed by atoms with E-state index in [1.165, 1.54) is 10.9 Å². The highest BCUT2D eigenvalue weighted by Gasteiger charge is 2.61. The summed E-state index contributed by atoms with van der Waals surface area (Å²) in [5, 5.41) is 18.7. The third-order valence-electron chi connectivity index (χ3n) is 9.31. The van der Waals surface area contributed by atoms with E-state index in [0.717, 1.165) is 56.9 Å². The second-order valence-corrected chi connectivity index (χ2v) is 12.5. The van der Waals surface area contributed by atoms with Crippen molar-refractivity contribution >= 4 is 22.7 Å². The molecule has 3 aliphatic carbocycles. The van der Waals surface area contributed by atoms with Crippen LogP contribution in [0.3, 0.4) is 0 Å². The van der Waals surface area contributed by atoms with Gasteiger partial charge in [-0.25, -0.2) is 0 Å². The molecule has 0 spiro atoms. The van der Waals surface area contributed by atoms with Crippen LogP contribution in [-0.4, -0.2) is 40.1 Å². The molecule has 3 aliphatic rings. The average molecular weight is 480 g/mol. The molecule has 190 valence electrons. The van der Waals surface area contributed by atoms with Crippen LogP contribution in [-0.2, 0) is 16.0 Å². The molecule has 6 nitrogen and oxygen atoms in total. The lowest BCUT2D eigenvalue weighted by atomic mass is 9.57. The van der Waals surface area contributed by atoms with Gasteiger partial charge in [-0.3, -0.25) is 9.59 Å². The first-order chi connectivity index (χ1) is 16.6. The maximum atomic E-state index is 12.9. The van der Waals surface area contributed by atoms with Crippen LogP contribution in [0.5, 0.6) is 0 Å². The van der Waals surface area contributed by atoms with Crippen molar-refractivity contribution < 1.29 is 14.7 Å². The molecule has 2 aromatic rings. The largest absolute Gasteiger partial charge is 0.390 e. The second-order valence-electron chi connectivity index (χ2n) is 12.5. The number of benzene rings is 1. The summed E-state index contributed by atoms with van der Waals surface area (Å²) in [6.07, 6.45) is 9.24. The number of carbonyl (C=O) groups is 2. The molecule has 0 saturated heterocycles. The molecule has 4 N–H and O–H groups in total. The summed E-state index contributed by atoms with van der Waals surface area (Å²) in [5.41, 5.74) is 1.54. The monoisotopic (exact) mass is 479 g/mol. The maximum Gasteiger partial charge on any atom is 0.223 e. The normalized spacial score (nSPS) is 31.8. The van der Waals surface area contributed by atoms with Gasteiger partial charge in [-0.2, -0.15) is 0 Å². The zero-order valence-corrected chi connectivity index (χ0v) is 21.5. The van der Waals surface area contributed by atoms with E-state index in [4.69, 9.17) is 0 Å². The van der Waals surface area contributed by atoms with Crippen molar-refractivity contribution in [2.24, 2.45) is 22.7 Å². The van der Waals surface area contributed by atoms with Gasteiger partial charge in [-0.15, -0.1) is 0 Å². The number of amides is 2. The lowest BCUT2D eigenvalue weighted by molar-refractivity contribution is -0.126. The van der Waals surface area contributed by atoms with Crippen molar-refractivity contribution in [2.75, 3.05) is 6.54 Å². The molecule has 6 heteroatoms. The predicted octanol–water partition coefficient (Wildman–Crippen LogP) is 4.47. The van der Waals surface area contributed by atoms with Crippen LogP contribution >= 0.6 is 0 Å². The van der Waals surface area contributed by atoms with Gasteiger partial charge in [-0.1, -0.05) is 32.0 Å². The van der Waals surface area contributed by atoms with Crippen molar-refractivity contribution in [3.8, 4) is 0 Å². The lowest BCUT2D eigenvalue weighted by Gasteiger charge is -2.50. The van der Waals surface area contributed by atoms with Crippen LogP contribution in [0.1, 0.15) is 77.7 Å². The summed E-state index contributed by atoms with van der Waals surface area (Å²) in [6, 6.07) is 8.31. The molecule has 0 unspecified atom stereocenters. The van der Waals surface area contributed by atoms with Gasteiger partial charge in [0, 0.05) is 42.0 Å². The SMILES string of the molecule is CC1(C)C[C@H](NC(=O)C2CC2)[C@@]2(CCC(=O)NCCc3c[nH]c4ccccc34)CC[C@](C)(O)C[C@@H]12. The van der Waals surface area contributed by atoms with E-state index in [-0.39, 0.29) is 40.5 Å². The van der Waals surface area contributed by atoms with Gasteiger partial charge in [-0.05, 0) is 86.7 Å². The number of hydrogen-bond acceptors (Lipinski definition) is 3. The number of rotatable bonds is 8. The summed E-state index contributed by atoms with van der Waals surface area (Å²) in [6.45, 7) is 7.11. The molecule has 3 saturated carbocycles. The van der Waals surface area contributed by atoms with Crippen molar-refractivity contribution in [1.29, 1.82) is 0 Å². The number of H-pyrrole nitrogens is 1. The fourth-order valence-electron chi connectivity index (χ4n) is 7.18. The Hall–Kier alpha value is -2.34. The van der Waals surface area contributed by atoms with E-state index in [9.17, 15) is 14.7 Å². The predicted molar refractivity (Wildman–Crippen MR) is 138 cm³/mol. The minimum atomic E-state index is -0.678. The number of aromatic amines is 1. The first-order valence-electron chi connectivity index (χ1n) is 13.4. The quantitative estimate of drug-likeness (QED) is 0.450. The summed E-state index contributed by atoms with van der Waals surface area (Å²) in [4.78, 5) is 29.0. The number of carbonyl (C=O) groups excluding carboxylic acids is 2.